The number of aliphatic hydroxyl groups is 1. The Morgan fingerprint density at radius 2 is 2.04 bits per heavy atom. The van der Waals surface area contributed by atoms with Crippen LogP contribution < -0.4 is 0 Å². The Morgan fingerprint density at radius 1 is 1.40 bits per heavy atom. The normalized spacial score (nSPS) is 42.9. The lowest BCUT2D eigenvalue weighted by Crippen LogP contribution is -2.62. The number of hydrogen-bond donors (Lipinski definition) is 1. The summed E-state index contributed by atoms with van der Waals surface area (Å²) < 4.78 is 11.1. The highest BCUT2D eigenvalue weighted by Crippen LogP contribution is 2.56. The van der Waals surface area contributed by atoms with Gasteiger partial charge in [-0.3, -0.25) is 9.59 Å². The third-order valence-electron chi connectivity index (χ3n) is 5.81. The molecule has 3 aliphatic rings. The molecule has 1 saturated heterocycles. The van der Waals surface area contributed by atoms with Crippen molar-refractivity contribution in [1.82, 2.24) is 0 Å². The van der Waals surface area contributed by atoms with E-state index in [9.17, 15) is 19.5 Å². The molecule has 1 N–H and O–H groups in total. The van der Waals surface area contributed by atoms with E-state index in [0.717, 1.165) is 0 Å². The summed E-state index contributed by atoms with van der Waals surface area (Å²) in [6.45, 7) is 10.6. The molecule has 0 radical (unpaired) electrons. The van der Waals surface area contributed by atoms with Gasteiger partial charge in [-0.15, -0.1) is 0 Å². The van der Waals surface area contributed by atoms with Gasteiger partial charge in [-0.05, 0) is 25.5 Å². The van der Waals surface area contributed by atoms with Crippen molar-refractivity contribution in [3.8, 4) is 0 Å². The van der Waals surface area contributed by atoms with Crippen LogP contribution in [0.25, 0.3) is 0 Å². The molecule has 0 amide bonds. The summed E-state index contributed by atoms with van der Waals surface area (Å²) in [5.41, 5.74) is -2.08. The second-order valence-corrected chi connectivity index (χ2v) is 8.07. The molecule has 2 aliphatic carbocycles. The average molecular weight is 348 g/mol. The highest BCUT2D eigenvalue weighted by molar-refractivity contribution is 5.97. The van der Waals surface area contributed by atoms with Crippen molar-refractivity contribution in [3.63, 3.8) is 0 Å². The van der Waals surface area contributed by atoms with Crippen LogP contribution in [-0.2, 0) is 23.9 Å². The molecule has 0 aromatic heterocycles. The molecular weight excluding hydrogens is 324 g/mol. The first kappa shape index (κ1) is 17.9. The van der Waals surface area contributed by atoms with E-state index in [1.165, 1.54) is 12.2 Å². The summed E-state index contributed by atoms with van der Waals surface area (Å²) in [5, 5.41) is 10.9. The Morgan fingerprint density at radius 3 is 2.64 bits per heavy atom. The summed E-state index contributed by atoms with van der Waals surface area (Å²) in [5.74, 6) is -2.65. The van der Waals surface area contributed by atoms with Crippen molar-refractivity contribution in [2.45, 2.75) is 51.9 Å². The number of ketones is 1. The maximum Gasteiger partial charge on any atom is 0.334 e. The molecule has 25 heavy (non-hydrogen) atoms. The number of esters is 2. The fourth-order valence-electron chi connectivity index (χ4n) is 4.52. The molecule has 2 fully saturated rings. The van der Waals surface area contributed by atoms with E-state index >= 15 is 0 Å². The van der Waals surface area contributed by atoms with Gasteiger partial charge in [0.25, 0.3) is 0 Å². The van der Waals surface area contributed by atoms with Crippen LogP contribution in [0.5, 0.6) is 0 Å². The number of allylic oxidation sites excluding steroid dienone is 1. The minimum Gasteiger partial charge on any atom is -0.461 e. The summed E-state index contributed by atoms with van der Waals surface area (Å²) >= 11 is 0. The number of carbonyl (C=O) groups excluding carboxylic acids is 3. The van der Waals surface area contributed by atoms with Gasteiger partial charge in [0.05, 0.1) is 17.4 Å². The first-order chi connectivity index (χ1) is 11.5. The highest BCUT2D eigenvalue weighted by atomic mass is 16.6. The van der Waals surface area contributed by atoms with Gasteiger partial charge in [0.1, 0.15) is 12.2 Å². The van der Waals surface area contributed by atoms with Gasteiger partial charge in [0.15, 0.2) is 5.78 Å². The van der Waals surface area contributed by atoms with Crippen LogP contribution in [0.4, 0.5) is 0 Å². The summed E-state index contributed by atoms with van der Waals surface area (Å²) in [6, 6.07) is 0. The van der Waals surface area contributed by atoms with Gasteiger partial charge in [0, 0.05) is 16.9 Å². The molecule has 0 spiro atoms. The quantitative estimate of drug-likeness (QED) is 0.602. The standard InChI is InChI=1S/C19H24O6/c1-9(2)16(21)24-11-8-18(4)12(20)6-7-19(5,23)15(18)14-13(11)10(3)17(22)25-14/h6-7,9,11,13-15,23H,3,8H2,1-2,4-5H3. The third kappa shape index (κ3) is 2.54. The molecule has 1 saturated carbocycles. The second-order valence-electron chi connectivity index (χ2n) is 8.07. The molecule has 0 aromatic carbocycles. The van der Waals surface area contributed by atoms with E-state index in [0.29, 0.717) is 0 Å². The molecule has 0 bridgehead atoms. The van der Waals surface area contributed by atoms with E-state index in [4.69, 9.17) is 9.47 Å². The summed E-state index contributed by atoms with van der Waals surface area (Å²) in [7, 11) is 0. The Labute approximate surface area is 146 Å². The zero-order valence-electron chi connectivity index (χ0n) is 14.9. The van der Waals surface area contributed by atoms with Crippen molar-refractivity contribution < 1.29 is 29.0 Å². The molecule has 3 rings (SSSR count). The average Bonchev–Trinajstić information content (AvgIpc) is 2.78. The number of rotatable bonds is 2. The zero-order chi connectivity index (χ0) is 18.7. The molecule has 6 unspecified atom stereocenters. The first-order valence-corrected chi connectivity index (χ1v) is 8.55. The summed E-state index contributed by atoms with van der Waals surface area (Å²) in [4.78, 5) is 36.9. The van der Waals surface area contributed by atoms with E-state index in [1.54, 1.807) is 27.7 Å². The lowest BCUT2D eigenvalue weighted by molar-refractivity contribution is -0.190. The van der Waals surface area contributed by atoms with Gasteiger partial charge >= 0.3 is 11.9 Å². The van der Waals surface area contributed by atoms with Crippen LogP contribution in [-0.4, -0.2) is 40.6 Å². The molecule has 1 aliphatic heterocycles. The van der Waals surface area contributed by atoms with Gasteiger partial charge in [0.2, 0.25) is 0 Å². The zero-order valence-corrected chi connectivity index (χ0v) is 14.9. The molecule has 6 nitrogen and oxygen atoms in total. The Kier molecular flexibility index (Phi) is 3.95. The monoisotopic (exact) mass is 348 g/mol. The molecule has 136 valence electrons. The number of carbonyl (C=O) groups is 3. The van der Waals surface area contributed by atoms with Crippen molar-refractivity contribution in [1.29, 1.82) is 0 Å². The molecular formula is C19H24O6. The van der Waals surface area contributed by atoms with Gasteiger partial charge in [-0.2, -0.15) is 0 Å². The second kappa shape index (κ2) is 5.53. The first-order valence-electron chi connectivity index (χ1n) is 8.55. The third-order valence-corrected chi connectivity index (χ3v) is 5.81. The lowest BCUT2D eigenvalue weighted by atomic mass is 9.53. The molecule has 6 heteroatoms. The highest BCUT2D eigenvalue weighted by Gasteiger charge is 2.65. The van der Waals surface area contributed by atoms with E-state index in [2.05, 4.69) is 6.58 Å². The topological polar surface area (TPSA) is 89.9 Å². The molecule has 1 heterocycles. The van der Waals surface area contributed by atoms with Crippen molar-refractivity contribution in [2.75, 3.05) is 0 Å². The minimum atomic E-state index is -1.32. The van der Waals surface area contributed by atoms with Gasteiger partial charge < -0.3 is 14.6 Å². The van der Waals surface area contributed by atoms with E-state index in [-0.39, 0.29) is 23.7 Å². The van der Waals surface area contributed by atoms with E-state index in [1.807, 2.05) is 0 Å². The van der Waals surface area contributed by atoms with Crippen molar-refractivity contribution >= 4 is 17.7 Å². The number of fused-ring (bicyclic) bond motifs is 3. The van der Waals surface area contributed by atoms with Crippen LogP contribution in [0.3, 0.4) is 0 Å². The smallest absolute Gasteiger partial charge is 0.334 e. The van der Waals surface area contributed by atoms with Gasteiger partial charge in [-0.25, -0.2) is 4.79 Å². The molecule has 6 atom stereocenters. The maximum atomic E-state index is 12.7. The lowest BCUT2D eigenvalue weighted by Gasteiger charge is -2.53. The minimum absolute atomic E-state index is 0.165. The van der Waals surface area contributed by atoms with Crippen LogP contribution >= 0.6 is 0 Å². The van der Waals surface area contributed by atoms with Crippen LogP contribution in [0.1, 0.15) is 34.1 Å². The fourth-order valence-corrected chi connectivity index (χ4v) is 4.52. The van der Waals surface area contributed by atoms with Crippen LogP contribution in [0.15, 0.2) is 24.3 Å². The predicted octanol–water partition coefficient (Wildman–Crippen LogP) is 1.57. The van der Waals surface area contributed by atoms with Crippen molar-refractivity contribution in [2.24, 2.45) is 23.2 Å². The van der Waals surface area contributed by atoms with Crippen LogP contribution in [0.2, 0.25) is 0 Å². The van der Waals surface area contributed by atoms with E-state index < -0.39 is 47.0 Å². The fraction of sp³-hybridized carbons (Fsp3) is 0.632. The largest absolute Gasteiger partial charge is 0.461 e. The maximum absolute atomic E-state index is 12.7. The molecule has 0 aromatic rings. The van der Waals surface area contributed by atoms with Crippen LogP contribution in [0, 0.1) is 23.2 Å². The Balaban J connectivity index is 2.06. The van der Waals surface area contributed by atoms with Crippen molar-refractivity contribution in [3.05, 3.63) is 24.3 Å². The van der Waals surface area contributed by atoms with Gasteiger partial charge in [-0.1, -0.05) is 27.4 Å². The predicted molar refractivity (Wildman–Crippen MR) is 88.2 cm³/mol. The number of hydrogen-bond acceptors (Lipinski definition) is 6. The summed E-state index contributed by atoms with van der Waals surface area (Å²) in [6.07, 6.45) is 1.59. The Hall–Kier alpha value is -1.95. The number of ether oxygens (including phenoxy) is 2. The Bertz CT molecular complexity index is 688. The SMILES string of the molecule is C=C1C(=O)OC2C1C(OC(=O)C(C)C)CC1(C)C(=O)C=CC(C)(O)C21.